The fraction of sp³-hybridized carbons (Fsp3) is 0.814. The van der Waals surface area contributed by atoms with Crippen LogP contribution >= 0.6 is 0 Å². The quantitative estimate of drug-likeness (QED) is 0.0261. The van der Waals surface area contributed by atoms with Crippen LogP contribution in [0.3, 0.4) is 0 Å². The van der Waals surface area contributed by atoms with Crippen LogP contribution in [-0.2, 0) is 28.6 Å². The molecule has 76 heavy (non-hydrogen) atoms. The van der Waals surface area contributed by atoms with Crippen molar-refractivity contribution in [1.29, 1.82) is 0 Å². The first-order valence-electron chi connectivity index (χ1n) is 33.3. The van der Waals surface area contributed by atoms with Crippen molar-refractivity contribution in [3.63, 3.8) is 0 Å². The lowest BCUT2D eigenvalue weighted by atomic mass is 10.0. The molecule has 0 spiro atoms. The fourth-order valence-electron chi connectivity index (χ4n) is 9.83. The SMILES string of the molecule is CC/C=C\C/C=C\C/C=C\C/C=C\C/C=C\CCCCCCCCCCCCCCCCCCCC(=O)OCC(COC(=O)CCCCCCCCCCCCC)OC(=O)CCCCCCCCCCCCCCCC. The Morgan fingerprint density at radius 1 is 0.276 bits per heavy atom. The van der Waals surface area contributed by atoms with Gasteiger partial charge in [-0.25, -0.2) is 0 Å². The smallest absolute Gasteiger partial charge is 0.306 e. The van der Waals surface area contributed by atoms with Crippen molar-refractivity contribution in [3.8, 4) is 0 Å². The summed E-state index contributed by atoms with van der Waals surface area (Å²) in [6.07, 6.45) is 82.5. The van der Waals surface area contributed by atoms with Gasteiger partial charge in [-0.1, -0.05) is 326 Å². The van der Waals surface area contributed by atoms with Crippen LogP contribution in [-0.4, -0.2) is 37.2 Å². The van der Waals surface area contributed by atoms with Gasteiger partial charge in [0.1, 0.15) is 13.2 Å². The van der Waals surface area contributed by atoms with E-state index >= 15 is 0 Å². The third kappa shape index (κ3) is 62.0. The Kier molecular flexibility index (Phi) is 62.2. The molecule has 0 aliphatic carbocycles. The zero-order valence-corrected chi connectivity index (χ0v) is 50.8. The Balaban J connectivity index is 4.07. The maximum absolute atomic E-state index is 12.9. The molecule has 0 aromatic rings. The van der Waals surface area contributed by atoms with Crippen molar-refractivity contribution in [3.05, 3.63) is 60.8 Å². The van der Waals surface area contributed by atoms with Crippen LogP contribution < -0.4 is 0 Å². The van der Waals surface area contributed by atoms with Crippen LogP contribution in [0.5, 0.6) is 0 Å². The van der Waals surface area contributed by atoms with E-state index in [9.17, 15) is 14.4 Å². The average Bonchev–Trinajstić information content (AvgIpc) is 3.42. The topological polar surface area (TPSA) is 78.9 Å². The van der Waals surface area contributed by atoms with Crippen LogP contribution in [0.1, 0.15) is 348 Å². The van der Waals surface area contributed by atoms with Crippen LogP contribution in [0.15, 0.2) is 60.8 Å². The van der Waals surface area contributed by atoms with Gasteiger partial charge in [-0.3, -0.25) is 14.4 Å². The monoisotopic (exact) mass is 1060 g/mol. The maximum Gasteiger partial charge on any atom is 0.306 e. The van der Waals surface area contributed by atoms with Gasteiger partial charge in [0.05, 0.1) is 0 Å². The Morgan fingerprint density at radius 2 is 0.513 bits per heavy atom. The molecule has 0 aromatic carbocycles. The summed E-state index contributed by atoms with van der Waals surface area (Å²) in [5, 5.41) is 0. The lowest BCUT2D eigenvalue weighted by Gasteiger charge is -2.18. The van der Waals surface area contributed by atoms with E-state index in [1.54, 1.807) is 0 Å². The first-order chi connectivity index (χ1) is 37.5. The van der Waals surface area contributed by atoms with E-state index in [2.05, 4.69) is 81.5 Å². The first kappa shape index (κ1) is 73.1. The number of rotatable bonds is 61. The van der Waals surface area contributed by atoms with Crippen LogP contribution in [0.2, 0.25) is 0 Å². The highest BCUT2D eigenvalue weighted by molar-refractivity contribution is 5.71. The molecule has 0 bridgehead atoms. The molecule has 6 nitrogen and oxygen atoms in total. The number of hydrogen-bond acceptors (Lipinski definition) is 6. The summed E-state index contributed by atoms with van der Waals surface area (Å²) in [7, 11) is 0. The Morgan fingerprint density at radius 3 is 0.803 bits per heavy atom. The number of unbranched alkanes of at least 4 members (excludes halogenated alkanes) is 40. The Hall–Kier alpha value is -2.89. The van der Waals surface area contributed by atoms with Crippen molar-refractivity contribution >= 4 is 17.9 Å². The molecule has 0 rings (SSSR count). The zero-order chi connectivity index (χ0) is 55.0. The number of allylic oxidation sites excluding steroid dienone is 10. The molecule has 0 saturated heterocycles. The van der Waals surface area contributed by atoms with E-state index in [0.29, 0.717) is 19.3 Å². The highest BCUT2D eigenvalue weighted by Gasteiger charge is 2.19. The van der Waals surface area contributed by atoms with E-state index < -0.39 is 6.10 Å². The van der Waals surface area contributed by atoms with Gasteiger partial charge in [-0.05, 0) is 64.2 Å². The molecule has 0 radical (unpaired) electrons. The third-order valence-corrected chi connectivity index (χ3v) is 14.8. The van der Waals surface area contributed by atoms with E-state index in [-0.39, 0.29) is 31.1 Å². The number of carbonyl (C=O) groups is 3. The molecule has 0 aromatic heterocycles. The fourth-order valence-corrected chi connectivity index (χ4v) is 9.83. The molecule has 1 atom stereocenters. The summed E-state index contributed by atoms with van der Waals surface area (Å²) in [5.41, 5.74) is 0. The molecular weight excluding hydrogens is 937 g/mol. The molecule has 0 aliphatic heterocycles. The van der Waals surface area contributed by atoms with Gasteiger partial charge < -0.3 is 14.2 Å². The molecule has 0 amide bonds. The highest BCUT2D eigenvalue weighted by Crippen LogP contribution is 2.18. The standard InChI is InChI=1S/C70H126O6/c1-4-7-10-13-16-19-22-24-26-27-28-29-30-31-32-33-34-35-36-37-38-39-40-41-42-43-44-46-48-51-54-57-60-63-69(72)75-66-67(65-74-68(71)62-59-56-53-50-47-21-18-15-12-9-6-3)76-70(73)64-61-58-55-52-49-45-25-23-20-17-14-11-8-5-2/h7,10,16,19,24,26,28-29,31-32,67H,4-6,8-9,11-15,17-18,20-23,25,27,30,33-66H2,1-3H3/b10-7-,19-16-,26-24-,29-28-,32-31-. The predicted molar refractivity (Wildman–Crippen MR) is 330 cm³/mol. The van der Waals surface area contributed by atoms with Gasteiger partial charge >= 0.3 is 17.9 Å². The summed E-state index contributed by atoms with van der Waals surface area (Å²) in [6.45, 7) is 6.57. The molecule has 0 N–H and O–H groups in total. The minimum Gasteiger partial charge on any atom is -0.462 e. The van der Waals surface area contributed by atoms with E-state index in [1.807, 2.05) is 0 Å². The molecule has 0 heterocycles. The average molecular weight is 1060 g/mol. The van der Waals surface area contributed by atoms with E-state index in [4.69, 9.17) is 14.2 Å². The normalized spacial score (nSPS) is 12.4. The van der Waals surface area contributed by atoms with Gasteiger partial charge in [-0.15, -0.1) is 0 Å². The second-order valence-electron chi connectivity index (χ2n) is 22.4. The largest absolute Gasteiger partial charge is 0.462 e. The van der Waals surface area contributed by atoms with Crippen LogP contribution in [0, 0.1) is 0 Å². The summed E-state index contributed by atoms with van der Waals surface area (Å²) in [5.74, 6) is -0.845. The van der Waals surface area contributed by atoms with Crippen molar-refractivity contribution in [2.24, 2.45) is 0 Å². The molecule has 6 heteroatoms. The van der Waals surface area contributed by atoms with E-state index in [0.717, 1.165) is 89.9 Å². The highest BCUT2D eigenvalue weighted by atomic mass is 16.6. The minimum atomic E-state index is -0.767. The molecule has 442 valence electrons. The van der Waals surface area contributed by atoms with Crippen molar-refractivity contribution in [2.75, 3.05) is 13.2 Å². The van der Waals surface area contributed by atoms with Crippen molar-refractivity contribution < 1.29 is 28.6 Å². The number of carbonyl (C=O) groups excluding carboxylic acids is 3. The summed E-state index contributed by atoms with van der Waals surface area (Å²) in [6, 6.07) is 0. The Bertz CT molecular complexity index is 1360. The lowest BCUT2D eigenvalue weighted by molar-refractivity contribution is -0.167. The molecule has 0 aliphatic rings. The Labute approximate surface area is 472 Å². The van der Waals surface area contributed by atoms with Gasteiger partial charge in [0.25, 0.3) is 0 Å². The van der Waals surface area contributed by atoms with Crippen LogP contribution in [0.25, 0.3) is 0 Å². The van der Waals surface area contributed by atoms with Crippen molar-refractivity contribution in [1.82, 2.24) is 0 Å². The number of hydrogen-bond donors (Lipinski definition) is 0. The summed E-state index contributed by atoms with van der Waals surface area (Å²) >= 11 is 0. The number of ether oxygens (including phenoxy) is 3. The van der Waals surface area contributed by atoms with Crippen molar-refractivity contribution in [2.45, 2.75) is 354 Å². The maximum atomic E-state index is 12.9. The molecule has 1 unspecified atom stereocenters. The zero-order valence-electron chi connectivity index (χ0n) is 50.8. The number of esters is 3. The summed E-state index contributed by atoms with van der Waals surface area (Å²) in [4.78, 5) is 38.2. The van der Waals surface area contributed by atoms with Gasteiger partial charge in [0.15, 0.2) is 6.10 Å². The second-order valence-corrected chi connectivity index (χ2v) is 22.4. The van der Waals surface area contributed by atoms with Gasteiger partial charge in [0, 0.05) is 19.3 Å². The lowest BCUT2D eigenvalue weighted by Crippen LogP contribution is -2.30. The first-order valence-corrected chi connectivity index (χ1v) is 33.3. The van der Waals surface area contributed by atoms with E-state index in [1.165, 1.54) is 218 Å². The van der Waals surface area contributed by atoms with Crippen LogP contribution in [0.4, 0.5) is 0 Å². The second kappa shape index (κ2) is 64.6. The van der Waals surface area contributed by atoms with Gasteiger partial charge in [-0.2, -0.15) is 0 Å². The molecule has 0 fully saturated rings. The van der Waals surface area contributed by atoms with Gasteiger partial charge in [0.2, 0.25) is 0 Å². The summed E-state index contributed by atoms with van der Waals surface area (Å²) < 4.78 is 16.9. The molecule has 0 saturated carbocycles. The predicted octanol–water partition coefficient (Wildman–Crippen LogP) is 22.7. The third-order valence-electron chi connectivity index (χ3n) is 14.8. The molecular formula is C70H126O6. The minimum absolute atomic E-state index is 0.0665.